The molecule has 3 N–H and O–H groups in total. The zero-order chi connectivity index (χ0) is 36.4. The van der Waals surface area contributed by atoms with Gasteiger partial charge in [-0.05, 0) is 71.4 Å². The zero-order valence-corrected chi connectivity index (χ0v) is 30.2. The Hall–Kier alpha value is -4.14. The van der Waals surface area contributed by atoms with Gasteiger partial charge >= 0.3 is 12.2 Å². The van der Waals surface area contributed by atoms with Crippen molar-refractivity contribution in [2.24, 2.45) is 5.92 Å². The van der Waals surface area contributed by atoms with Gasteiger partial charge in [0.2, 0.25) is 21.8 Å². The monoisotopic (exact) mass is 715 g/mol. The van der Waals surface area contributed by atoms with Gasteiger partial charge in [-0.2, -0.15) is 0 Å². The van der Waals surface area contributed by atoms with Crippen LogP contribution in [0.2, 0.25) is 0 Å². The van der Waals surface area contributed by atoms with Crippen molar-refractivity contribution in [1.82, 2.24) is 25.2 Å². The van der Waals surface area contributed by atoms with Crippen molar-refractivity contribution in [3.8, 4) is 0 Å². The molecule has 0 radical (unpaired) electrons. The molecule has 5 rings (SSSR count). The highest BCUT2D eigenvalue weighted by molar-refractivity contribution is 7.90. The van der Waals surface area contributed by atoms with E-state index < -0.39 is 80.4 Å². The van der Waals surface area contributed by atoms with Crippen molar-refractivity contribution >= 4 is 39.9 Å². The molecule has 3 heterocycles. The third-order valence-corrected chi connectivity index (χ3v) is 11.3. The van der Waals surface area contributed by atoms with Gasteiger partial charge in [0.1, 0.15) is 29.3 Å². The molecule has 3 aliphatic heterocycles. The summed E-state index contributed by atoms with van der Waals surface area (Å²) >= 11 is 0. The molecule has 1 aromatic rings. The van der Waals surface area contributed by atoms with E-state index in [9.17, 15) is 32.4 Å². The smallest absolute Gasteiger partial charge is 0.410 e. The van der Waals surface area contributed by atoms with E-state index in [0.29, 0.717) is 25.9 Å². The number of nitrogens with one attached hydrogen (secondary N) is 3. The number of allylic oxidation sites excluding steroid dienone is 1. The van der Waals surface area contributed by atoms with Crippen LogP contribution in [0.3, 0.4) is 0 Å². The third-order valence-electron chi connectivity index (χ3n) is 9.56. The van der Waals surface area contributed by atoms with E-state index in [4.69, 9.17) is 9.47 Å². The second-order valence-corrected chi connectivity index (χ2v) is 17.2. The van der Waals surface area contributed by atoms with Crippen LogP contribution < -0.4 is 15.4 Å². The van der Waals surface area contributed by atoms with Crippen LogP contribution in [0.4, 0.5) is 9.59 Å². The lowest BCUT2D eigenvalue weighted by Gasteiger charge is -2.30. The van der Waals surface area contributed by atoms with Crippen LogP contribution in [0.25, 0.3) is 0 Å². The van der Waals surface area contributed by atoms with E-state index in [1.807, 2.05) is 36.4 Å². The lowest BCUT2D eigenvalue weighted by Crippen LogP contribution is -2.58. The average molecular weight is 716 g/mol. The second-order valence-electron chi connectivity index (χ2n) is 14.9. The number of rotatable bonds is 5. The number of carbonyl (C=O) groups excluding carboxylic acids is 5. The Labute approximate surface area is 293 Å². The summed E-state index contributed by atoms with van der Waals surface area (Å²) in [6.45, 7) is 8.61. The second kappa shape index (κ2) is 14.6. The van der Waals surface area contributed by atoms with E-state index in [2.05, 4.69) is 15.4 Å². The van der Waals surface area contributed by atoms with Crippen LogP contribution in [0.15, 0.2) is 36.4 Å². The summed E-state index contributed by atoms with van der Waals surface area (Å²) in [6.07, 6.45) is 4.68. The molecule has 1 saturated carbocycles. The van der Waals surface area contributed by atoms with Crippen molar-refractivity contribution in [3.63, 3.8) is 0 Å². The van der Waals surface area contributed by atoms with E-state index in [-0.39, 0.29) is 25.8 Å². The Morgan fingerprint density at radius 3 is 2.36 bits per heavy atom. The van der Waals surface area contributed by atoms with Crippen LogP contribution in [0, 0.1) is 5.92 Å². The molecule has 0 bridgehead atoms. The Kier molecular flexibility index (Phi) is 10.8. The number of benzene rings is 1. The first-order chi connectivity index (χ1) is 23.5. The van der Waals surface area contributed by atoms with Gasteiger partial charge in [0.15, 0.2) is 0 Å². The average Bonchev–Trinajstić information content (AvgIpc) is 3.33. The standard InChI is InChI=1S/C35H49N5O9S/c1-22(2)50(46,47)38-31(43)35-18-25(35)15-9-7-6-8-10-16-27(36-32(44)49-34(3,4)5)30(42)40-21-26(17-28(40)29(41)37-35)48-33(45)39-19-23-13-11-12-14-24(23)20-39/h9,11-15,22,25-28H,6-8,10,16-21H2,1-5H3,(H,36,44)(H,37,41)(H,38,43)/t25-,26+,27-,28-,35+/m0/s1. The number of carbonyl (C=O) groups is 5. The van der Waals surface area contributed by atoms with Gasteiger partial charge in [0.05, 0.1) is 11.8 Å². The minimum Gasteiger partial charge on any atom is -0.444 e. The molecule has 50 heavy (non-hydrogen) atoms. The molecule has 0 aromatic heterocycles. The summed E-state index contributed by atoms with van der Waals surface area (Å²) in [7, 11) is -4.00. The third kappa shape index (κ3) is 8.59. The largest absolute Gasteiger partial charge is 0.444 e. The Bertz CT molecular complexity index is 1610. The molecule has 274 valence electrons. The molecule has 0 spiro atoms. The summed E-state index contributed by atoms with van der Waals surface area (Å²) in [5, 5.41) is 4.60. The number of nitrogens with zero attached hydrogens (tertiary/aromatic N) is 2. The number of ether oxygens (including phenoxy) is 2. The quantitative estimate of drug-likeness (QED) is 0.386. The highest BCUT2D eigenvalue weighted by atomic mass is 32.2. The highest BCUT2D eigenvalue weighted by Crippen LogP contribution is 2.46. The van der Waals surface area contributed by atoms with Gasteiger partial charge in [-0.15, -0.1) is 0 Å². The first kappa shape index (κ1) is 37.1. The maximum absolute atomic E-state index is 14.3. The van der Waals surface area contributed by atoms with E-state index in [0.717, 1.165) is 24.0 Å². The van der Waals surface area contributed by atoms with Crippen LogP contribution in [-0.2, 0) is 47.0 Å². The molecule has 14 nitrogen and oxygen atoms in total. The van der Waals surface area contributed by atoms with Gasteiger partial charge in [0.25, 0.3) is 5.91 Å². The molecule has 5 amide bonds. The number of amides is 5. The van der Waals surface area contributed by atoms with Crippen molar-refractivity contribution in [2.45, 2.75) is 127 Å². The molecule has 1 saturated heterocycles. The fourth-order valence-electron chi connectivity index (χ4n) is 6.63. The van der Waals surface area contributed by atoms with Crippen LogP contribution >= 0.6 is 0 Å². The van der Waals surface area contributed by atoms with Crippen molar-refractivity contribution in [2.75, 3.05) is 6.54 Å². The molecule has 1 aliphatic carbocycles. The number of fused-ring (bicyclic) bond motifs is 3. The van der Waals surface area contributed by atoms with E-state index in [1.165, 1.54) is 18.7 Å². The van der Waals surface area contributed by atoms with Crippen LogP contribution in [0.5, 0.6) is 0 Å². The summed E-state index contributed by atoms with van der Waals surface area (Å²) in [4.78, 5) is 71.0. The van der Waals surface area contributed by atoms with Gasteiger partial charge < -0.3 is 25.0 Å². The molecule has 1 aromatic carbocycles. The number of hydrogen-bond acceptors (Lipinski definition) is 9. The van der Waals surface area contributed by atoms with Gasteiger partial charge in [0, 0.05) is 25.4 Å². The van der Waals surface area contributed by atoms with E-state index in [1.54, 1.807) is 25.7 Å². The minimum absolute atomic E-state index is 0.0637. The highest BCUT2D eigenvalue weighted by Gasteiger charge is 2.61. The first-order valence-corrected chi connectivity index (χ1v) is 18.9. The maximum Gasteiger partial charge on any atom is 0.410 e. The predicted octanol–water partition coefficient (Wildman–Crippen LogP) is 3.25. The summed E-state index contributed by atoms with van der Waals surface area (Å²) < 4.78 is 38.8. The van der Waals surface area contributed by atoms with Gasteiger partial charge in [-0.3, -0.25) is 24.0 Å². The first-order valence-electron chi connectivity index (χ1n) is 17.4. The molecular weight excluding hydrogens is 666 g/mol. The van der Waals surface area contributed by atoms with E-state index >= 15 is 0 Å². The lowest BCUT2D eigenvalue weighted by atomic mass is 10.0. The molecule has 5 atom stereocenters. The zero-order valence-electron chi connectivity index (χ0n) is 29.4. The Balaban J connectivity index is 1.41. The van der Waals surface area contributed by atoms with Crippen LogP contribution in [-0.4, -0.2) is 89.2 Å². The van der Waals surface area contributed by atoms with Gasteiger partial charge in [-0.25, -0.2) is 18.0 Å². The predicted molar refractivity (Wildman–Crippen MR) is 183 cm³/mol. The normalized spacial score (nSPS) is 27.2. The van der Waals surface area contributed by atoms with Crippen molar-refractivity contribution in [3.05, 3.63) is 47.5 Å². The lowest BCUT2D eigenvalue weighted by molar-refractivity contribution is -0.141. The maximum atomic E-state index is 14.3. The summed E-state index contributed by atoms with van der Waals surface area (Å²) in [5.74, 6) is -2.55. The van der Waals surface area contributed by atoms with Crippen LogP contribution in [0.1, 0.15) is 90.7 Å². The number of sulfonamides is 1. The summed E-state index contributed by atoms with van der Waals surface area (Å²) in [5.41, 5.74) is -0.354. The van der Waals surface area contributed by atoms with Gasteiger partial charge in [-0.1, -0.05) is 49.3 Å². The topological polar surface area (TPSA) is 181 Å². The molecule has 0 unspecified atom stereocenters. The van der Waals surface area contributed by atoms with Crippen molar-refractivity contribution < 1.29 is 41.9 Å². The number of alkyl carbamates (subject to hydrolysis) is 1. The number of hydrogen-bond donors (Lipinski definition) is 3. The molecular formula is C35H49N5O9S. The SMILES string of the molecule is CC(C)S(=O)(=O)NC(=O)[C@@]12C[C@@H]1C=CCCCCC[C@H](NC(=O)OC(C)(C)C)C(=O)N1C[C@H](OC(=O)N3Cc4ccccc4C3)C[C@H]1C(=O)N2. The fraction of sp³-hybridized carbons (Fsp3) is 0.629. The molecule has 2 fully saturated rings. The molecule has 4 aliphatic rings. The fourth-order valence-corrected chi connectivity index (χ4v) is 7.31. The Morgan fingerprint density at radius 1 is 1.04 bits per heavy atom. The summed E-state index contributed by atoms with van der Waals surface area (Å²) in [6, 6.07) is 5.45. The molecule has 15 heteroatoms. The minimum atomic E-state index is -4.00. The Morgan fingerprint density at radius 2 is 1.72 bits per heavy atom. The van der Waals surface area contributed by atoms with Crippen molar-refractivity contribution in [1.29, 1.82) is 0 Å².